The van der Waals surface area contributed by atoms with Crippen molar-refractivity contribution in [3.8, 4) is 5.75 Å². The number of benzene rings is 2. The van der Waals surface area contributed by atoms with Gasteiger partial charge in [0, 0.05) is 17.9 Å². The Balaban J connectivity index is 1.56. The second-order valence-electron chi connectivity index (χ2n) is 6.19. The molecule has 4 rings (SSSR count). The minimum absolute atomic E-state index is 0.303. The molecule has 0 fully saturated rings. The summed E-state index contributed by atoms with van der Waals surface area (Å²) in [6.07, 6.45) is -2.44. The summed E-state index contributed by atoms with van der Waals surface area (Å²) in [6, 6.07) is 13.4. The van der Waals surface area contributed by atoms with Crippen LogP contribution >= 0.6 is 0 Å². The molecule has 28 heavy (non-hydrogen) atoms. The number of hydrogen-bond acceptors (Lipinski definition) is 6. The average molecular weight is 387 g/mol. The van der Waals surface area contributed by atoms with Crippen LogP contribution in [-0.2, 0) is 6.42 Å². The topological polar surface area (TPSA) is 76.3 Å². The average Bonchev–Trinajstić information content (AvgIpc) is 3.08. The fraction of sp³-hybridized carbons (Fsp3) is 0.158. The van der Waals surface area contributed by atoms with E-state index in [2.05, 4.69) is 26.1 Å². The first-order valence-electron chi connectivity index (χ1n) is 8.49. The zero-order chi connectivity index (χ0) is 19.7. The van der Waals surface area contributed by atoms with Gasteiger partial charge in [-0.05, 0) is 42.3 Å². The Kier molecular flexibility index (Phi) is 4.42. The third-order valence-corrected chi connectivity index (χ3v) is 4.36. The number of para-hydroxylation sites is 1. The van der Waals surface area contributed by atoms with Crippen molar-refractivity contribution in [1.29, 1.82) is 0 Å². The van der Waals surface area contributed by atoms with Crippen molar-refractivity contribution >= 4 is 28.7 Å². The van der Waals surface area contributed by atoms with E-state index in [9.17, 15) is 13.2 Å². The SMILES string of the molecule is Nc1c(Nc2ccc(OC(F)(F)F)cc2)ncnc1N1CCc2ccccc21. The van der Waals surface area contributed by atoms with Crippen LogP contribution < -0.4 is 20.7 Å². The molecule has 144 valence electrons. The predicted molar refractivity (Wildman–Crippen MR) is 100 cm³/mol. The number of fused-ring (bicyclic) bond motifs is 1. The van der Waals surface area contributed by atoms with Gasteiger partial charge in [0.05, 0.1) is 0 Å². The normalized spacial score (nSPS) is 13.3. The molecule has 0 saturated carbocycles. The number of nitrogens with two attached hydrogens (primary N) is 1. The number of anilines is 5. The Morgan fingerprint density at radius 1 is 1.04 bits per heavy atom. The molecule has 1 aliphatic heterocycles. The second-order valence-corrected chi connectivity index (χ2v) is 6.19. The summed E-state index contributed by atoms with van der Waals surface area (Å²) in [5.74, 6) is 0.654. The Morgan fingerprint density at radius 2 is 1.79 bits per heavy atom. The van der Waals surface area contributed by atoms with Crippen molar-refractivity contribution in [2.24, 2.45) is 0 Å². The van der Waals surface area contributed by atoms with Gasteiger partial charge in [-0.25, -0.2) is 9.97 Å². The second kappa shape index (κ2) is 6.91. The van der Waals surface area contributed by atoms with Crippen molar-refractivity contribution in [3.05, 3.63) is 60.4 Å². The summed E-state index contributed by atoms with van der Waals surface area (Å²) < 4.78 is 40.7. The van der Waals surface area contributed by atoms with Crippen LogP contribution in [0.2, 0.25) is 0 Å². The molecule has 0 bridgehead atoms. The quantitative estimate of drug-likeness (QED) is 0.691. The molecular formula is C19H16F3N5O. The molecule has 0 spiro atoms. The summed E-state index contributed by atoms with van der Waals surface area (Å²) in [5, 5.41) is 3.01. The highest BCUT2D eigenvalue weighted by Crippen LogP contribution is 2.38. The number of nitrogens with zero attached hydrogens (tertiary/aromatic N) is 3. The van der Waals surface area contributed by atoms with E-state index in [1.807, 2.05) is 23.1 Å². The molecule has 6 nitrogen and oxygen atoms in total. The molecule has 0 unspecified atom stereocenters. The zero-order valence-electron chi connectivity index (χ0n) is 14.6. The standard InChI is InChI=1S/C19H16F3N5O/c20-19(21,22)28-14-7-5-13(6-8-14)26-17-16(23)18(25-11-24-17)27-10-9-12-3-1-2-4-15(12)27/h1-8,11H,9-10,23H2,(H,24,25,26). The van der Waals surface area contributed by atoms with Crippen molar-refractivity contribution < 1.29 is 17.9 Å². The van der Waals surface area contributed by atoms with Crippen LogP contribution in [-0.4, -0.2) is 22.9 Å². The Bertz CT molecular complexity index is 992. The van der Waals surface area contributed by atoms with Gasteiger partial charge < -0.3 is 20.7 Å². The van der Waals surface area contributed by atoms with E-state index >= 15 is 0 Å². The van der Waals surface area contributed by atoms with Gasteiger partial charge >= 0.3 is 6.36 Å². The molecule has 9 heteroatoms. The lowest BCUT2D eigenvalue weighted by atomic mass is 10.2. The smallest absolute Gasteiger partial charge is 0.406 e. The molecular weight excluding hydrogens is 371 g/mol. The molecule has 0 radical (unpaired) electrons. The number of aromatic nitrogens is 2. The molecule has 2 aromatic carbocycles. The van der Waals surface area contributed by atoms with Crippen LogP contribution in [0, 0.1) is 0 Å². The Hall–Kier alpha value is -3.49. The van der Waals surface area contributed by atoms with E-state index in [0.717, 1.165) is 18.7 Å². The Labute approximate surface area is 158 Å². The number of hydrogen-bond donors (Lipinski definition) is 2. The van der Waals surface area contributed by atoms with E-state index in [-0.39, 0.29) is 5.75 Å². The molecule has 0 saturated heterocycles. The third kappa shape index (κ3) is 3.64. The van der Waals surface area contributed by atoms with Crippen molar-refractivity contribution in [2.45, 2.75) is 12.8 Å². The van der Waals surface area contributed by atoms with Gasteiger partial charge in [-0.3, -0.25) is 0 Å². The number of nitrogen functional groups attached to an aromatic ring is 1. The van der Waals surface area contributed by atoms with E-state index in [1.165, 1.54) is 36.2 Å². The fourth-order valence-electron chi connectivity index (χ4n) is 3.14. The van der Waals surface area contributed by atoms with E-state index in [1.54, 1.807) is 0 Å². The maximum atomic E-state index is 12.3. The molecule has 3 aromatic rings. The van der Waals surface area contributed by atoms with Crippen molar-refractivity contribution in [1.82, 2.24) is 9.97 Å². The van der Waals surface area contributed by atoms with Crippen LogP contribution in [0.1, 0.15) is 5.56 Å². The van der Waals surface area contributed by atoms with Gasteiger partial charge in [-0.1, -0.05) is 18.2 Å². The van der Waals surface area contributed by atoms with Gasteiger partial charge in [-0.15, -0.1) is 13.2 Å². The first kappa shape index (κ1) is 17.9. The fourth-order valence-corrected chi connectivity index (χ4v) is 3.14. The predicted octanol–water partition coefficient (Wildman–Crippen LogP) is 4.40. The van der Waals surface area contributed by atoms with Crippen LogP contribution in [0.15, 0.2) is 54.9 Å². The first-order chi connectivity index (χ1) is 13.4. The van der Waals surface area contributed by atoms with Crippen molar-refractivity contribution in [2.75, 3.05) is 22.5 Å². The lowest BCUT2D eigenvalue weighted by Crippen LogP contribution is -2.18. The van der Waals surface area contributed by atoms with Gasteiger partial charge in [0.1, 0.15) is 17.8 Å². The van der Waals surface area contributed by atoms with Gasteiger partial charge in [0.15, 0.2) is 11.6 Å². The highest BCUT2D eigenvalue weighted by atomic mass is 19.4. The van der Waals surface area contributed by atoms with Gasteiger partial charge in [-0.2, -0.15) is 0 Å². The van der Waals surface area contributed by atoms with Crippen LogP contribution in [0.5, 0.6) is 5.75 Å². The largest absolute Gasteiger partial charge is 0.573 e. The highest BCUT2D eigenvalue weighted by Gasteiger charge is 2.31. The van der Waals surface area contributed by atoms with Gasteiger partial charge in [0.25, 0.3) is 0 Å². The lowest BCUT2D eigenvalue weighted by Gasteiger charge is -2.21. The summed E-state index contributed by atoms with van der Waals surface area (Å²) in [6.45, 7) is 0.753. The molecule has 0 atom stereocenters. The van der Waals surface area contributed by atoms with Gasteiger partial charge in [0.2, 0.25) is 0 Å². The van der Waals surface area contributed by atoms with Crippen LogP contribution in [0.4, 0.5) is 41.9 Å². The van der Waals surface area contributed by atoms with Crippen molar-refractivity contribution in [3.63, 3.8) is 0 Å². The van der Waals surface area contributed by atoms with Crippen LogP contribution in [0.25, 0.3) is 0 Å². The lowest BCUT2D eigenvalue weighted by molar-refractivity contribution is -0.274. The summed E-state index contributed by atoms with van der Waals surface area (Å²) in [7, 11) is 0. The molecule has 1 aromatic heterocycles. The summed E-state index contributed by atoms with van der Waals surface area (Å²) in [5.41, 5.74) is 9.42. The number of rotatable bonds is 4. The number of alkyl halides is 3. The highest BCUT2D eigenvalue weighted by molar-refractivity contribution is 5.83. The number of ether oxygens (including phenoxy) is 1. The van der Waals surface area contributed by atoms with E-state index in [4.69, 9.17) is 5.73 Å². The molecule has 0 aliphatic carbocycles. The zero-order valence-corrected chi connectivity index (χ0v) is 14.6. The summed E-state index contributed by atoms with van der Waals surface area (Å²) >= 11 is 0. The minimum Gasteiger partial charge on any atom is -0.406 e. The monoisotopic (exact) mass is 387 g/mol. The maximum absolute atomic E-state index is 12.3. The molecule has 1 aliphatic rings. The van der Waals surface area contributed by atoms with Crippen LogP contribution in [0.3, 0.4) is 0 Å². The molecule has 2 heterocycles. The minimum atomic E-state index is -4.73. The molecule has 3 N–H and O–H groups in total. The number of nitrogens with one attached hydrogen (secondary N) is 1. The van der Waals surface area contributed by atoms with E-state index < -0.39 is 6.36 Å². The number of halogens is 3. The maximum Gasteiger partial charge on any atom is 0.573 e. The first-order valence-corrected chi connectivity index (χ1v) is 8.49. The molecule has 0 amide bonds. The summed E-state index contributed by atoms with van der Waals surface area (Å²) in [4.78, 5) is 10.5. The van der Waals surface area contributed by atoms with E-state index in [0.29, 0.717) is 23.0 Å². The Morgan fingerprint density at radius 3 is 2.54 bits per heavy atom. The third-order valence-electron chi connectivity index (χ3n) is 4.36.